The molecule has 1 heterocycles. The number of amides is 1. The molecule has 1 aliphatic rings. The van der Waals surface area contributed by atoms with Crippen molar-refractivity contribution in [1.82, 2.24) is 15.5 Å². The second kappa shape index (κ2) is 2.87. The number of H-pyrrole nitrogens is 1. The third-order valence-electron chi connectivity index (χ3n) is 2.35. The highest BCUT2D eigenvalue weighted by molar-refractivity contribution is 5.79. The Hall–Kier alpha value is -1.32. The predicted octanol–water partition coefficient (Wildman–Crippen LogP) is 0.621. The van der Waals surface area contributed by atoms with Gasteiger partial charge in [-0.05, 0) is 25.8 Å². The Balaban J connectivity index is 1.85. The largest absolute Gasteiger partial charge is 0.351 e. The molecule has 70 valence electrons. The summed E-state index contributed by atoms with van der Waals surface area (Å²) in [5.41, 5.74) is 0.943. The van der Waals surface area contributed by atoms with Gasteiger partial charge in [-0.1, -0.05) is 0 Å². The standard InChI is InChI=1S/C9H13N3O/c1-9(3-4-9)11-8(13)6-7-2-5-10-12-7/h2,5H,3-4,6H2,1H3,(H,10,12)(H,11,13). The van der Waals surface area contributed by atoms with Crippen molar-refractivity contribution in [3.05, 3.63) is 18.0 Å². The molecule has 2 rings (SSSR count). The fourth-order valence-corrected chi connectivity index (χ4v) is 1.25. The molecular formula is C9H13N3O. The van der Waals surface area contributed by atoms with Gasteiger partial charge in [0.05, 0.1) is 6.42 Å². The monoisotopic (exact) mass is 179 g/mol. The van der Waals surface area contributed by atoms with Crippen LogP contribution in [0.25, 0.3) is 0 Å². The summed E-state index contributed by atoms with van der Waals surface area (Å²) in [6.45, 7) is 2.07. The van der Waals surface area contributed by atoms with Gasteiger partial charge in [0.2, 0.25) is 5.91 Å². The fraction of sp³-hybridized carbons (Fsp3) is 0.556. The lowest BCUT2D eigenvalue weighted by Crippen LogP contribution is -2.35. The van der Waals surface area contributed by atoms with Gasteiger partial charge in [0, 0.05) is 17.4 Å². The van der Waals surface area contributed by atoms with E-state index in [1.165, 1.54) is 0 Å². The highest BCUT2D eigenvalue weighted by atomic mass is 16.1. The van der Waals surface area contributed by atoms with E-state index in [-0.39, 0.29) is 11.4 Å². The Kier molecular flexibility index (Phi) is 1.83. The highest BCUT2D eigenvalue weighted by Crippen LogP contribution is 2.34. The minimum absolute atomic E-state index is 0.0734. The molecule has 4 heteroatoms. The molecule has 0 radical (unpaired) electrons. The second-order valence-corrected chi connectivity index (χ2v) is 3.87. The molecule has 1 amide bonds. The van der Waals surface area contributed by atoms with E-state index in [0.29, 0.717) is 6.42 Å². The highest BCUT2D eigenvalue weighted by Gasteiger charge is 2.38. The van der Waals surface area contributed by atoms with E-state index in [9.17, 15) is 4.79 Å². The third-order valence-corrected chi connectivity index (χ3v) is 2.35. The van der Waals surface area contributed by atoms with E-state index in [0.717, 1.165) is 18.5 Å². The summed E-state index contributed by atoms with van der Waals surface area (Å²) < 4.78 is 0. The Morgan fingerprint density at radius 3 is 3.08 bits per heavy atom. The van der Waals surface area contributed by atoms with Gasteiger partial charge in [-0.2, -0.15) is 5.10 Å². The molecule has 13 heavy (non-hydrogen) atoms. The number of rotatable bonds is 3. The third kappa shape index (κ3) is 2.08. The maximum Gasteiger partial charge on any atom is 0.226 e. The molecule has 0 atom stereocenters. The molecule has 0 unspecified atom stereocenters. The van der Waals surface area contributed by atoms with Gasteiger partial charge >= 0.3 is 0 Å². The zero-order chi connectivity index (χ0) is 9.31. The lowest BCUT2D eigenvalue weighted by Gasteiger charge is -2.10. The number of aromatic nitrogens is 2. The predicted molar refractivity (Wildman–Crippen MR) is 48.1 cm³/mol. The van der Waals surface area contributed by atoms with Crippen LogP contribution in [-0.4, -0.2) is 21.6 Å². The van der Waals surface area contributed by atoms with Crippen LogP contribution in [0, 0.1) is 0 Å². The molecule has 0 aliphatic heterocycles. The van der Waals surface area contributed by atoms with Gasteiger partial charge in [0.15, 0.2) is 0 Å². The molecule has 0 aromatic carbocycles. The molecule has 1 aliphatic carbocycles. The average Bonchev–Trinajstić information content (AvgIpc) is 2.61. The van der Waals surface area contributed by atoms with E-state index in [1.54, 1.807) is 6.20 Å². The minimum Gasteiger partial charge on any atom is -0.351 e. The van der Waals surface area contributed by atoms with E-state index >= 15 is 0 Å². The summed E-state index contributed by atoms with van der Waals surface area (Å²) >= 11 is 0. The van der Waals surface area contributed by atoms with Crippen LogP contribution in [0.2, 0.25) is 0 Å². The first-order valence-electron chi connectivity index (χ1n) is 4.47. The van der Waals surface area contributed by atoms with Crippen molar-refractivity contribution in [1.29, 1.82) is 0 Å². The smallest absolute Gasteiger partial charge is 0.226 e. The van der Waals surface area contributed by atoms with Crippen LogP contribution in [-0.2, 0) is 11.2 Å². The van der Waals surface area contributed by atoms with E-state index in [2.05, 4.69) is 22.4 Å². The van der Waals surface area contributed by atoms with Crippen LogP contribution in [0.1, 0.15) is 25.5 Å². The van der Waals surface area contributed by atoms with Crippen molar-refractivity contribution in [2.45, 2.75) is 31.7 Å². The van der Waals surface area contributed by atoms with Crippen molar-refractivity contribution in [3.63, 3.8) is 0 Å². The number of hydrogen-bond acceptors (Lipinski definition) is 2. The zero-order valence-corrected chi connectivity index (χ0v) is 7.63. The number of nitrogens with one attached hydrogen (secondary N) is 2. The van der Waals surface area contributed by atoms with E-state index in [1.807, 2.05) is 6.07 Å². The summed E-state index contributed by atoms with van der Waals surface area (Å²) in [7, 11) is 0. The molecule has 1 aromatic heterocycles. The molecule has 0 saturated heterocycles. The topological polar surface area (TPSA) is 57.8 Å². The quantitative estimate of drug-likeness (QED) is 0.714. The molecule has 0 spiro atoms. The maximum absolute atomic E-state index is 11.4. The first-order valence-corrected chi connectivity index (χ1v) is 4.47. The molecule has 1 saturated carbocycles. The summed E-state index contributed by atoms with van der Waals surface area (Å²) in [5.74, 6) is 0.0734. The van der Waals surface area contributed by atoms with Crippen molar-refractivity contribution < 1.29 is 4.79 Å². The lowest BCUT2D eigenvalue weighted by atomic mass is 10.2. The SMILES string of the molecule is CC1(NC(=O)Cc2ccn[nH]2)CC1. The first-order chi connectivity index (χ1) is 6.18. The molecule has 0 bridgehead atoms. The Morgan fingerprint density at radius 1 is 1.77 bits per heavy atom. The van der Waals surface area contributed by atoms with Crippen LogP contribution in [0.3, 0.4) is 0 Å². The number of nitrogens with zero attached hydrogens (tertiary/aromatic N) is 1. The molecule has 2 N–H and O–H groups in total. The van der Waals surface area contributed by atoms with E-state index < -0.39 is 0 Å². The molecule has 4 nitrogen and oxygen atoms in total. The minimum atomic E-state index is 0.0734. The van der Waals surface area contributed by atoms with Gasteiger partial charge in [-0.3, -0.25) is 9.89 Å². The van der Waals surface area contributed by atoms with Gasteiger partial charge in [0.1, 0.15) is 0 Å². The first kappa shape index (κ1) is 8.29. The second-order valence-electron chi connectivity index (χ2n) is 3.87. The fourth-order valence-electron chi connectivity index (χ4n) is 1.25. The van der Waals surface area contributed by atoms with Crippen molar-refractivity contribution in [2.24, 2.45) is 0 Å². The van der Waals surface area contributed by atoms with Gasteiger partial charge in [-0.15, -0.1) is 0 Å². The summed E-state index contributed by atoms with van der Waals surface area (Å²) in [5, 5.41) is 9.53. The Morgan fingerprint density at radius 2 is 2.54 bits per heavy atom. The van der Waals surface area contributed by atoms with Crippen LogP contribution < -0.4 is 5.32 Å². The van der Waals surface area contributed by atoms with Crippen LogP contribution in [0.5, 0.6) is 0 Å². The Labute approximate surface area is 76.7 Å². The van der Waals surface area contributed by atoms with Crippen LogP contribution >= 0.6 is 0 Å². The normalized spacial score (nSPS) is 18.2. The van der Waals surface area contributed by atoms with E-state index in [4.69, 9.17) is 0 Å². The average molecular weight is 179 g/mol. The van der Waals surface area contributed by atoms with Crippen molar-refractivity contribution in [3.8, 4) is 0 Å². The summed E-state index contributed by atoms with van der Waals surface area (Å²) in [6, 6.07) is 1.81. The Bertz CT molecular complexity index is 301. The van der Waals surface area contributed by atoms with Gasteiger partial charge < -0.3 is 5.32 Å². The van der Waals surface area contributed by atoms with Crippen LogP contribution in [0.15, 0.2) is 12.3 Å². The van der Waals surface area contributed by atoms with Gasteiger partial charge in [-0.25, -0.2) is 0 Å². The number of hydrogen-bond donors (Lipinski definition) is 2. The summed E-state index contributed by atoms with van der Waals surface area (Å²) in [4.78, 5) is 11.4. The molecule has 1 aromatic rings. The summed E-state index contributed by atoms with van der Waals surface area (Å²) in [6.07, 6.45) is 4.25. The zero-order valence-electron chi connectivity index (χ0n) is 7.63. The maximum atomic E-state index is 11.4. The number of aromatic amines is 1. The molecule has 1 fully saturated rings. The number of carbonyl (C=O) groups excluding carboxylic acids is 1. The van der Waals surface area contributed by atoms with Crippen molar-refractivity contribution >= 4 is 5.91 Å². The van der Waals surface area contributed by atoms with Crippen LogP contribution in [0.4, 0.5) is 0 Å². The van der Waals surface area contributed by atoms with Crippen molar-refractivity contribution in [2.75, 3.05) is 0 Å². The van der Waals surface area contributed by atoms with Gasteiger partial charge in [0.25, 0.3) is 0 Å². The lowest BCUT2D eigenvalue weighted by molar-refractivity contribution is -0.121. The number of carbonyl (C=O) groups is 1. The molecular weight excluding hydrogens is 166 g/mol.